The highest BCUT2D eigenvalue weighted by molar-refractivity contribution is 9.10. The van der Waals surface area contributed by atoms with E-state index in [4.69, 9.17) is 0 Å². The van der Waals surface area contributed by atoms with Gasteiger partial charge in [0.1, 0.15) is 0 Å². The Kier molecular flexibility index (Phi) is 3.60. The monoisotopic (exact) mass is 275 g/mol. The molecule has 2 nitrogen and oxygen atoms in total. The zero-order chi connectivity index (χ0) is 11.6. The van der Waals surface area contributed by atoms with E-state index in [1.54, 1.807) is 6.07 Å². The molecule has 0 aromatic heterocycles. The third-order valence-corrected chi connectivity index (χ3v) is 2.30. The van der Waals surface area contributed by atoms with Gasteiger partial charge in [0.2, 0.25) is 0 Å². The van der Waals surface area contributed by atoms with Crippen LogP contribution in [0.25, 0.3) is 0 Å². The minimum Gasteiger partial charge on any atom is -0.503 e. The molecule has 0 saturated carbocycles. The zero-order valence-corrected chi connectivity index (χ0v) is 10.7. The summed E-state index contributed by atoms with van der Waals surface area (Å²) in [4.78, 5) is 0. The molecule has 0 amide bonds. The molecule has 15 heavy (non-hydrogen) atoms. The molecule has 0 saturated heterocycles. The molecule has 1 aromatic rings. The first kappa shape index (κ1) is 12.3. The number of phenols is 1. The van der Waals surface area contributed by atoms with Crippen LogP contribution in [0.2, 0.25) is 0 Å². The second kappa shape index (κ2) is 4.39. The van der Waals surface area contributed by atoms with E-state index in [1.165, 1.54) is 6.07 Å². The van der Waals surface area contributed by atoms with Crippen LogP contribution in [0.4, 0.5) is 10.1 Å². The van der Waals surface area contributed by atoms with Crippen molar-refractivity contribution in [3.05, 3.63) is 22.4 Å². The second-order valence-electron chi connectivity index (χ2n) is 4.70. The van der Waals surface area contributed by atoms with Crippen LogP contribution >= 0.6 is 15.9 Å². The lowest BCUT2D eigenvalue weighted by molar-refractivity contribution is 0.425. The topological polar surface area (TPSA) is 32.3 Å². The summed E-state index contributed by atoms with van der Waals surface area (Å²) >= 11 is 3.18. The van der Waals surface area contributed by atoms with E-state index in [9.17, 15) is 9.50 Å². The molecule has 0 heterocycles. The van der Waals surface area contributed by atoms with Crippen LogP contribution in [0.15, 0.2) is 16.6 Å². The van der Waals surface area contributed by atoms with E-state index in [0.29, 0.717) is 16.7 Å². The van der Waals surface area contributed by atoms with Crippen molar-refractivity contribution in [3.63, 3.8) is 0 Å². The molecule has 1 rings (SSSR count). The van der Waals surface area contributed by atoms with Crippen LogP contribution < -0.4 is 5.32 Å². The van der Waals surface area contributed by atoms with Crippen molar-refractivity contribution in [2.75, 3.05) is 11.9 Å². The zero-order valence-electron chi connectivity index (χ0n) is 9.06. The van der Waals surface area contributed by atoms with E-state index in [-0.39, 0.29) is 11.2 Å². The van der Waals surface area contributed by atoms with E-state index < -0.39 is 5.82 Å². The fourth-order valence-electron chi connectivity index (χ4n) is 1.06. The number of hydrogen-bond donors (Lipinski definition) is 2. The fraction of sp³-hybridized carbons (Fsp3) is 0.455. The molecule has 0 aliphatic carbocycles. The van der Waals surface area contributed by atoms with Gasteiger partial charge in [0.25, 0.3) is 0 Å². The Morgan fingerprint density at radius 1 is 1.40 bits per heavy atom. The molecule has 1 aromatic carbocycles. The van der Waals surface area contributed by atoms with Crippen molar-refractivity contribution in [2.24, 2.45) is 5.41 Å². The van der Waals surface area contributed by atoms with Gasteiger partial charge in [-0.2, -0.15) is 0 Å². The Balaban J connectivity index is 2.86. The lowest BCUT2D eigenvalue weighted by atomic mass is 9.97. The maximum atomic E-state index is 13.1. The van der Waals surface area contributed by atoms with Crippen LogP contribution in [0.3, 0.4) is 0 Å². The number of hydrogen-bond acceptors (Lipinski definition) is 2. The predicted octanol–water partition coefficient (Wildman–Crippen LogP) is 3.75. The predicted molar refractivity (Wildman–Crippen MR) is 63.7 cm³/mol. The molecule has 0 atom stereocenters. The van der Waals surface area contributed by atoms with Gasteiger partial charge in [-0.05, 0) is 17.5 Å². The van der Waals surface area contributed by atoms with Gasteiger partial charge >= 0.3 is 0 Å². The maximum Gasteiger partial charge on any atom is 0.175 e. The second-order valence-corrected chi connectivity index (χ2v) is 5.61. The summed E-state index contributed by atoms with van der Waals surface area (Å²) in [6.45, 7) is 6.85. The Morgan fingerprint density at radius 3 is 2.53 bits per heavy atom. The summed E-state index contributed by atoms with van der Waals surface area (Å²) in [5, 5.41) is 12.5. The third kappa shape index (κ3) is 3.70. The Morgan fingerprint density at radius 2 is 2.00 bits per heavy atom. The summed E-state index contributed by atoms with van der Waals surface area (Å²) in [5.41, 5.74) is 0.488. The molecule has 84 valence electrons. The quantitative estimate of drug-likeness (QED) is 0.806. The van der Waals surface area contributed by atoms with Gasteiger partial charge in [-0.3, -0.25) is 0 Å². The average molecular weight is 276 g/mol. The number of nitrogens with one attached hydrogen (secondary N) is 1. The molecule has 2 N–H and O–H groups in total. The highest BCUT2D eigenvalue weighted by Gasteiger charge is 2.13. The third-order valence-electron chi connectivity index (χ3n) is 1.84. The number of aromatic hydroxyl groups is 1. The first-order valence-electron chi connectivity index (χ1n) is 4.71. The van der Waals surface area contributed by atoms with Crippen molar-refractivity contribution in [1.82, 2.24) is 0 Å². The van der Waals surface area contributed by atoms with E-state index >= 15 is 0 Å². The first-order valence-corrected chi connectivity index (χ1v) is 5.51. The summed E-state index contributed by atoms with van der Waals surface area (Å²) < 4.78 is 13.7. The van der Waals surface area contributed by atoms with Crippen molar-refractivity contribution in [3.8, 4) is 5.75 Å². The standard InChI is InChI=1S/C11H15BrFNO/c1-11(2,3)6-14-9-5-7(12)4-8(13)10(9)15/h4-5,14-15H,6H2,1-3H3. The molecule has 0 bridgehead atoms. The van der Waals surface area contributed by atoms with Gasteiger partial charge in [-0.1, -0.05) is 36.7 Å². The lowest BCUT2D eigenvalue weighted by Gasteiger charge is -2.20. The van der Waals surface area contributed by atoms with Crippen molar-refractivity contribution in [1.29, 1.82) is 0 Å². The van der Waals surface area contributed by atoms with Gasteiger partial charge in [-0.25, -0.2) is 4.39 Å². The number of anilines is 1. The first-order chi connectivity index (χ1) is 6.79. The summed E-state index contributed by atoms with van der Waals surface area (Å²) in [6.07, 6.45) is 0. The van der Waals surface area contributed by atoms with Crippen LogP contribution in [0.5, 0.6) is 5.75 Å². The van der Waals surface area contributed by atoms with Gasteiger partial charge in [0.05, 0.1) is 5.69 Å². The molecule has 0 aliphatic rings. The minimum atomic E-state index is -0.624. The minimum absolute atomic E-state index is 0.0746. The largest absolute Gasteiger partial charge is 0.503 e. The van der Waals surface area contributed by atoms with E-state index in [0.717, 1.165) is 0 Å². The number of halogens is 2. The molecule has 0 spiro atoms. The van der Waals surface area contributed by atoms with Crippen LogP contribution in [-0.2, 0) is 0 Å². The Hall–Kier alpha value is -0.770. The molecule has 0 unspecified atom stereocenters. The average Bonchev–Trinajstić information content (AvgIpc) is 2.07. The normalized spacial score (nSPS) is 11.5. The number of phenolic OH excluding ortho intramolecular Hbond substituents is 1. The van der Waals surface area contributed by atoms with E-state index in [2.05, 4.69) is 42.0 Å². The Bertz CT molecular complexity index is 360. The van der Waals surface area contributed by atoms with Crippen molar-refractivity contribution < 1.29 is 9.50 Å². The smallest absolute Gasteiger partial charge is 0.175 e. The lowest BCUT2D eigenvalue weighted by Crippen LogP contribution is -2.19. The molecule has 4 heteroatoms. The van der Waals surface area contributed by atoms with Gasteiger partial charge in [0.15, 0.2) is 11.6 Å². The van der Waals surface area contributed by atoms with Crippen molar-refractivity contribution in [2.45, 2.75) is 20.8 Å². The fourth-order valence-corrected chi connectivity index (χ4v) is 1.49. The van der Waals surface area contributed by atoms with Crippen LogP contribution in [0.1, 0.15) is 20.8 Å². The van der Waals surface area contributed by atoms with Crippen molar-refractivity contribution >= 4 is 21.6 Å². The van der Waals surface area contributed by atoms with Gasteiger partial charge in [0, 0.05) is 11.0 Å². The summed E-state index contributed by atoms with van der Waals surface area (Å²) in [6, 6.07) is 2.89. The molecular weight excluding hydrogens is 261 g/mol. The summed E-state index contributed by atoms with van der Waals surface area (Å²) in [5.74, 6) is -0.955. The molecule has 0 fully saturated rings. The number of benzene rings is 1. The Labute approximate surface area is 97.6 Å². The van der Waals surface area contributed by atoms with Crippen LogP contribution in [-0.4, -0.2) is 11.7 Å². The highest BCUT2D eigenvalue weighted by atomic mass is 79.9. The molecule has 0 radical (unpaired) electrons. The SMILES string of the molecule is CC(C)(C)CNc1cc(Br)cc(F)c1O. The van der Waals surface area contributed by atoms with Gasteiger partial charge in [-0.15, -0.1) is 0 Å². The highest BCUT2D eigenvalue weighted by Crippen LogP contribution is 2.31. The number of rotatable bonds is 2. The summed E-state index contributed by atoms with van der Waals surface area (Å²) in [7, 11) is 0. The molecule has 0 aliphatic heterocycles. The van der Waals surface area contributed by atoms with Crippen LogP contribution in [0, 0.1) is 11.2 Å². The van der Waals surface area contributed by atoms with Gasteiger partial charge < -0.3 is 10.4 Å². The maximum absolute atomic E-state index is 13.1. The molecular formula is C11H15BrFNO. The van der Waals surface area contributed by atoms with E-state index in [1.807, 2.05) is 0 Å².